The minimum absolute atomic E-state index is 0.160. The number of carbonyl (C=O) groups is 1. The van der Waals surface area contributed by atoms with Crippen LogP contribution in [-0.4, -0.2) is 10.2 Å². The quantitative estimate of drug-likeness (QED) is 0.646. The van der Waals surface area contributed by atoms with Crippen molar-refractivity contribution >= 4 is 51.9 Å². The Morgan fingerprint density at radius 3 is 2.70 bits per heavy atom. The van der Waals surface area contributed by atoms with Gasteiger partial charge in [-0.3, -0.25) is 4.79 Å². The van der Waals surface area contributed by atoms with E-state index in [1.54, 1.807) is 6.08 Å². The van der Waals surface area contributed by atoms with Crippen molar-refractivity contribution in [1.82, 2.24) is 5.32 Å². The summed E-state index contributed by atoms with van der Waals surface area (Å²) < 4.78 is 6.26. The van der Waals surface area contributed by atoms with Gasteiger partial charge in [0.1, 0.15) is 16.7 Å². The summed E-state index contributed by atoms with van der Waals surface area (Å²) in [6, 6.07) is 15.1. The molecule has 0 radical (unpaired) electrons. The van der Waals surface area contributed by atoms with E-state index in [0.29, 0.717) is 20.9 Å². The summed E-state index contributed by atoms with van der Waals surface area (Å²) in [5.41, 5.74) is 1.93. The first kappa shape index (κ1) is 16.1. The van der Waals surface area contributed by atoms with Crippen molar-refractivity contribution in [2.75, 3.05) is 0 Å². The molecule has 6 heteroatoms. The van der Waals surface area contributed by atoms with Crippen LogP contribution < -0.4 is 10.1 Å². The minimum atomic E-state index is -0.160. The van der Waals surface area contributed by atoms with E-state index in [1.807, 2.05) is 48.5 Å². The van der Waals surface area contributed by atoms with Gasteiger partial charge in [-0.05, 0) is 41.5 Å². The Labute approximate surface area is 148 Å². The van der Waals surface area contributed by atoms with Gasteiger partial charge in [-0.15, -0.1) is 0 Å². The normalized spacial score (nSPS) is 15.8. The molecule has 2 aromatic rings. The van der Waals surface area contributed by atoms with Gasteiger partial charge >= 0.3 is 0 Å². The zero-order chi connectivity index (χ0) is 16.2. The first-order chi connectivity index (χ1) is 11.1. The number of halogens is 1. The maximum Gasteiger partial charge on any atom is 0.263 e. The number of carbonyl (C=O) groups excluding carboxylic acids is 1. The van der Waals surface area contributed by atoms with Gasteiger partial charge < -0.3 is 10.1 Å². The fourth-order valence-corrected chi connectivity index (χ4v) is 3.18. The van der Waals surface area contributed by atoms with Gasteiger partial charge in [-0.25, -0.2) is 0 Å². The van der Waals surface area contributed by atoms with E-state index in [-0.39, 0.29) is 5.91 Å². The summed E-state index contributed by atoms with van der Waals surface area (Å²) in [5.74, 6) is 0.577. The monoisotopic (exact) mass is 361 g/mol. The Bertz CT molecular complexity index is 787. The molecule has 0 atom stereocenters. The zero-order valence-electron chi connectivity index (χ0n) is 11.9. The largest absolute Gasteiger partial charge is 0.489 e. The van der Waals surface area contributed by atoms with Crippen LogP contribution in [0.5, 0.6) is 5.75 Å². The highest BCUT2D eigenvalue weighted by Gasteiger charge is 2.21. The highest BCUT2D eigenvalue weighted by atomic mass is 35.5. The Balaban J connectivity index is 1.70. The van der Waals surface area contributed by atoms with E-state index in [0.717, 1.165) is 16.9 Å². The summed E-state index contributed by atoms with van der Waals surface area (Å²) in [7, 11) is 0. The number of hydrogen-bond donors (Lipinski definition) is 1. The highest BCUT2D eigenvalue weighted by molar-refractivity contribution is 8.26. The molecule has 0 spiro atoms. The van der Waals surface area contributed by atoms with Gasteiger partial charge in [0.25, 0.3) is 5.91 Å². The molecule has 116 valence electrons. The molecule has 1 amide bonds. The van der Waals surface area contributed by atoms with Crippen molar-refractivity contribution in [3.8, 4) is 5.75 Å². The Kier molecular flexibility index (Phi) is 5.00. The number of rotatable bonds is 4. The molecular formula is C17H12ClNO2S2. The molecule has 1 N–H and O–H groups in total. The van der Waals surface area contributed by atoms with Crippen LogP contribution in [0.25, 0.3) is 6.08 Å². The van der Waals surface area contributed by atoms with Crippen molar-refractivity contribution in [2.24, 2.45) is 0 Å². The number of ether oxygens (including phenoxy) is 1. The van der Waals surface area contributed by atoms with Crippen molar-refractivity contribution in [1.29, 1.82) is 0 Å². The molecule has 1 aliphatic rings. The number of thiocarbonyl (C=S) groups is 1. The molecule has 23 heavy (non-hydrogen) atoms. The molecular weight excluding hydrogens is 350 g/mol. The second-order valence-electron chi connectivity index (χ2n) is 4.84. The summed E-state index contributed by atoms with van der Waals surface area (Å²) in [6.45, 7) is 0.455. The third-order valence-corrected chi connectivity index (χ3v) is 4.53. The number of nitrogens with one attached hydrogen (secondary N) is 1. The van der Waals surface area contributed by atoms with E-state index < -0.39 is 0 Å². The van der Waals surface area contributed by atoms with E-state index in [9.17, 15) is 4.79 Å². The predicted molar refractivity (Wildman–Crippen MR) is 98.5 cm³/mol. The molecule has 0 saturated carbocycles. The molecule has 3 nitrogen and oxygen atoms in total. The molecule has 0 aromatic heterocycles. The second kappa shape index (κ2) is 7.17. The maximum absolute atomic E-state index is 11.7. The first-order valence-electron chi connectivity index (χ1n) is 6.82. The third-order valence-electron chi connectivity index (χ3n) is 3.12. The van der Waals surface area contributed by atoms with Crippen LogP contribution in [0.15, 0.2) is 53.4 Å². The molecule has 1 heterocycles. The standard InChI is InChI=1S/C17H12ClNO2S2/c18-13-6-4-11(5-7-13)10-21-14-3-1-2-12(8-14)9-15-16(20)19-17(22)23-15/h1-9H,10H2,(H,19,20,22)/b15-9+. The summed E-state index contributed by atoms with van der Waals surface area (Å²) in [5, 5.41) is 3.30. The Hall–Kier alpha value is -1.82. The summed E-state index contributed by atoms with van der Waals surface area (Å²) in [4.78, 5) is 12.3. The van der Waals surface area contributed by atoms with Gasteiger partial charge in [0.05, 0.1) is 4.91 Å². The Morgan fingerprint density at radius 1 is 1.22 bits per heavy atom. The average Bonchev–Trinajstić information content (AvgIpc) is 2.85. The van der Waals surface area contributed by atoms with E-state index in [1.165, 1.54) is 11.8 Å². The minimum Gasteiger partial charge on any atom is -0.489 e. The SMILES string of the molecule is O=C1NC(=S)S/C1=C/c1cccc(OCc2ccc(Cl)cc2)c1. The average molecular weight is 362 g/mol. The van der Waals surface area contributed by atoms with Crippen LogP contribution in [0.1, 0.15) is 11.1 Å². The fourth-order valence-electron chi connectivity index (χ4n) is 2.01. The Morgan fingerprint density at radius 2 is 2.00 bits per heavy atom. The van der Waals surface area contributed by atoms with E-state index in [2.05, 4.69) is 5.32 Å². The lowest BCUT2D eigenvalue weighted by Crippen LogP contribution is -2.17. The second-order valence-corrected chi connectivity index (χ2v) is 7.00. The molecule has 1 fully saturated rings. The van der Waals surface area contributed by atoms with Gasteiger partial charge in [0, 0.05) is 5.02 Å². The van der Waals surface area contributed by atoms with Crippen LogP contribution >= 0.6 is 35.6 Å². The van der Waals surface area contributed by atoms with E-state index in [4.69, 9.17) is 28.6 Å². The topological polar surface area (TPSA) is 38.3 Å². The number of hydrogen-bond acceptors (Lipinski definition) is 4. The van der Waals surface area contributed by atoms with Crippen LogP contribution in [0.3, 0.4) is 0 Å². The van der Waals surface area contributed by atoms with Crippen molar-refractivity contribution < 1.29 is 9.53 Å². The fraction of sp³-hybridized carbons (Fsp3) is 0.0588. The molecule has 1 aliphatic heterocycles. The summed E-state index contributed by atoms with van der Waals surface area (Å²) in [6.07, 6.45) is 1.80. The number of benzene rings is 2. The van der Waals surface area contributed by atoms with Gasteiger partial charge in [-0.2, -0.15) is 0 Å². The molecule has 3 rings (SSSR count). The third kappa shape index (κ3) is 4.34. The highest BCUT2D eigenvalue weighted by Crippen LogP contribution is 2.27. The molecule has 2 aromatic carbocycles. The van der Waals surface area contributed by atoms with Gasteiger partial charge in [0.2, 0.25) is 0 Å². The smallest absolute Gasteiger partial charge is 0.263 e. The number of thioether (sulfide) groups is 1. The van der Waals surface area contributed by atoms with Crippen LogP contribution in [-0.2, 0) is 11.4 Å². The predicted octanol–water partition coefficient (Wildman–Crippen LogP) is 4.41. The lowest BCUT2D eigenvalue weighted by atomic mass is 10.2. The van der Waals surface area contributed by atoms with Crippen molar-refractivity contribution in [3.05, 3.63) is 69.6 Å². The molecule has 0 aliphatic carbocycles. The van der Waals surface area contributed by atoms with Gasteiger partial charge in [-0.1, -0.05) is 59.8 Å². The molecule has 0 unspecified atom stereocenters. The van der Waals surface area contributed by atoms with E-state index >= 15 is 0 Å². The molecule has 0 bridgehead atoms. The van der Waals surface area contributed by atoms with Crippen LogP contribution in [0.4, 0.5) is 0 Å². The van der Waals surface area contributed by atoms with Crippen LogP contribution in [0, 0.1) is 0 Å². The zero-order valence-corrected chi connectivity index (χ0v) is 14.3. The summed E-state index contributed by atoms with van der Waals surface area (Å²) >= 11 is 12.1. The van der Waals surface area contributed by atoms with Crippen molar-refractivity contribution in [2.45, 2.75) is 6.61 Å². The first-order valence-corrected chi connectivity index (χ1v) is 8.42. The lowest BCUT2D eigenvalue weighted by molar-refractivity contribution is -0.115. The van der Waals surface area contributed by atoms with Crippen LogP contribution in [0.2, 0.25) is 5.02 Å². The lowest BCUT2D eigenvalue weighted by Gasteiger charge is -2.07. The van der Waals surface area contributed by atoms with Crippen molar-refractivity contribution in [3.63, 3.8) is 0 Å². The number of amides is 1. The molecule has 1 saturated heterocycles. The maximum atomic E-state index is 11.7. The van der Waals surface area contributed by atoms with Gasteiger partial charge in [0.15, 0.2) is 0 Å².